The standard InChI is InChI=1S/C3H9N3O2.CH2O3/c4-3(5-1-7)6-2-8;2-1(3)4/h7-8H,1-2H2,(H3,4,5,6);(H2,2,3,4). The van der Waals surface area contributed by atoms with Crippen LogP contribution < -0.4 is 11.1 Å². The van der Waals surface area contributed by atoms with Crippen LogP contribution in [0.5, 0.6) is 0 Å². The summed E-state index contributed by atoms with van der Waals surface area (Å²) in [5, 5.41) is 32.4. The molecule has 8 heteroatoms. The van der Waals surface area contributed by atoms with Gasteiger partial charge < -0.3 is 31.5 Å². The highest BCUT2D eigenvalue weighted by molar-refractivity contribution is 5.77. The molecule has 0 atom stereocenters. The number of nitrogens with one attached hydrogen (secondary N) is 1. The van der Waals surface area contributed by atoms with E-state index in [1.807, 2.05) is 0 Å². The van der Waals surface area contributed by atoms with Crippen molar-refractivity contribution in [2.75, 3.05) is 13.5 Å². The molecule has 0 aliphatic heterocycles. The van der Waals surface area contributed by atoms with E-state index in [0.717, 1.165) is 0 Å². The Labute approximate surface area is 68.0 Å². The van der Waals surface area contributed by atoms with Crippen LogP contribution in [0.4, 0.5) is 4.79 Å². The summed E-state index contributed by atoms with van der Waals surface area (Å²) >= 11 is 0. The highest BCUT2D eigenvalue weighted by Crippen LogP contribution is 1.59. The Bertz CT molecular complexity index is 144. The van der Waals surface area contributed by atoms with Crippen molar-refractivity contribution in [3.63, 3.8) is 0 Å². The summed E-state index contributed by atoms with van der Waals surface area (Å²) in [5.41, 5.74) is 5.01. The van der Waals surface area contributed by atoms with Crippen molar-refractivity contribution in [3.05, 3.63) is 0 Å². The Balaban J connectivity index is 0. The molecule has 0 aliphatic rings. The maximum Gasteiger partial charge on any atom is 0.503 e. The Morgan fingerprint density at radius 2 is 1.83 bits per heavy atom. The second-order valence-corrected chi connectivity index (χ2v) is 1.30. The van der Waals surface area contributed by atoms with Crippen LogP contribution in [0.3, 0.4) is 0 Å². The number of carboxylic acid groups (broad SMARTS) is 2. The Morgan fingerprint density at radius 3 is 2.08 bits per heavy atom. The molecular weight excluding hydrogens is 170 g/mol. The monoisotopic (exact) mass is 181 g/mol. The number of rotatable bonds is 2. The van der Waals surface area contributed by atoms with Gasteiger partial charge in [0.05, 0.1) is 0 Å². The Hall–Kier alpha value is -1.54. The molecule has 72 valence electrons. The molecule has 0 fully saturated rings. The molecule has 0 spiro atoms. The van der Waals surface area contributed by atoms with Crippen molar-refractivity contribution in [1.29, 1.82) is 0 Å². The predicted molar refractivity (Wildman–Crippen MR) is 39.6 cm³/mol. The lowest BCUT2D eigenvalue weighted by molar-refractivity contribution is 0.137. The molecule has 0 saturated heterocycles. The molecule has 0 heterocycles. The summed E-state index contributed by atoms with van der Waals surface area (Å²) in [4.78, 5) is 11.8. The van der Waals surface area contributed by atoms with Crippen LogP contribution in [0, 0.1) is 0 Å². The number of aliphatic hydroxyl groups is 2. The first-order valence-corrected chi connectivity index (χ1v) is 2.72. The minimum atomic E-state index is -1.83. The summed E-state index contributed by atoms with van der Waals surface area (Å²) in [6.45, 7) is -0.631. The van der Waals surface area contributed by atoms with Crippen LogP contribution >= 0.6 is 0 Å². The van der Waals surface area contributed by atoms with Gasteiger partial charge in [0.25, 0.3) is 0 Å². The normalized spacial score (nSPS) is 9.67. The number of aliphatic hydroxyl groups excluding tert-OH is 2. The number of guanidine groups is 1. The molecule has 0 aromatic carbocycles. The van der Waals surface area contributed by atoms with E-state index in [4.69, 9.17) is 31.0 Å². The van der Waals surface area contributed by atoms with Gasteiger partial charge in [0, 0.05) is 0 Å². The summed E-state index contributed by atoms with van der Waals surface area (Å²) in [6, 6.07) is 0. The lowest BCUT2D eigenvalue weighted by Crippen LogP contribution is -2.32. The topological polar surface area (TPSA) is 148 Å². The number of hydrogen-bond donors (Lipinski definition) is 6. The minimum absolute atomic E-state index is 0.0370. The first-order chi connectivity index (χ1) is 5.54. The van der Waals surface area contributed by atoms with Gasteiger partial charge in [-0.3, -0.25) is 0 Å². The zero-order valence-electron chi connectivity index (χ0n) is 6.14. The highest BCUT2D eigenvalue weighted by atomic mass is 16.6. The highest BCUT2D eigenvalue weighted by Gasteiger charge is 1.81. The average molecular weight is 181 g/mol. The molecule has 0 bridgehead atoms. The van der Waals surface area contributed by atoms with Crippen molar-refractivity contribution >= 4 is 12.1 Å². The van der Waals surface area contributed by atoms with Gasteiger partial charge in [-0.15, -0.1) is 0 Å². The molecule has 0 aromatic rings. The van der Waals surface area contributed by atoms with E-state index in [-0.39, 0.29) is 19.4 Å². The van der Waals surface area contributed by atoms with E-state index in [0.29, 0.717) is 0 Å². The fourth-order valence-corrected chi connectivity index (χ4v) is 0.213. The molecule has 7 N–H and O–H groups in total. The fourth-order valence-electron chi connectivity index (χ4n) is 0.213. The van der Waals surface area contributed by atoms with Crippen LogP contribution in [-0.4, -0.2) is 46.0 Å². The van der Waals surface area contributed by atoms with Crippen LogP contribution in [0.2, 0.25) is 0 Å². The van der Waals surface area contributed by atoms with Crippen molar-refractivity contribution in [2.45, 2.75) is 0 Å². The van der Waals surface area contributed by atoms with Gasteiger partial charge in [-0.05, 0) is 0 Å². The van der Waals surface area contributed by atoms with Gasteiger partial charge in [-0.2, -0.15) is 0 Å². The van der Waals surface area contributed by atoms with E-state index in [1.165, 1.54) is 0 Å². The number of aliphatic imine (C=N–C) groups is 1. The van der Waals surface area contributed by atoms with Gasteiger partial charge in [0.2, 0.25) is 0 Å². The molecule has 0 aliphatic carbocycles. The quantitative estimate of drug-likeness (QED) is 0.164. The van der Waals surface area contributed by atoms with E-state index in [2.05, 4.69) is 10.3 Å². The molecule has 0 aromatic heterocycles. The third kappa shape index (κ3) is 23.7. The van der Waals surface area contributed by atoms with E-state index in [9.17, 15) is 0 Å². The van der Waals surface area contributed by atoms with Crippen LogP contribution in [0.25, 0.3) is 0 Å². The SMILES string of the molecule is NC(=NCO)NCO.O=C(O)O. The van der Waals surface area contributed by atoms with E-state index >= 15 is 0 Å². The first kappa shape index (κ1) is 13.1. The number of nitrogens with two attached hydrogens (primary N) is 1. The number of hydrogen-bond acceptors (Lipinski definition) is 4. The second kappa shape index (κ2) is 9.46. The van der Waals surface area contributed by atoms with Crippen LogP contribution in [0.1, 0.15) is 0 Å². The molecule has 0 saturated carbocycles. The zero-order chi connectivity index (χ0) is 9.98. The second-order valence-electron chi connectivity index (χ2n) is 1.30. The smallest absolute Gasteiger partial charge is 0.450 e. The minimum Gasteiger partial charge on any atom is -0.450 e. The van der Waals surface area contributed by atoms with Gasteiger partial charge in [0.1, 0.15) is 13.5 Å². The predicted octanol–water partition coefficient (Wildman–Crippen LogP) is -1.99. The molecule has 0 amide bonds. The van der Waals surface area contributed by atoms with Crippen molar-refractivity contribution in [1.82, 2.24) is 5.32 Å². The van der Waals surface area contributed by atoms with Crippen molar-refractivity contribution in [2.24, 2.45) is 10.7 Å². The number of nitrogens with zero attached hydrogens (tertiary/aromatic N) is 1. The largest absolute Gasteiger partial charge is 0.503 e. The molecule has 12 heavy (non-hydrogen) atoms. The zero-order valence-corrected chi connectivity index (χ0v) is 6.14. The van der Waals surface area contributed by atoms with Crippen LogP contribution in [-0.2, 0) is 0 Å². The van der Waals surface area contributed by atoms with Gasteiger partial charge >= 0.3 is 6.16 Å². The third-order valence-corrected chi connectivity index (χ3v) is 0.501. The molecular formula is C4H11N3O5. The lowest BCUT2D eigenvalue weighted by Gasteiger charge is -1.96. The maximum absolute atomic E-state index is 8.56. The van der Waals surface area contributed by atoms with Gasteiger partial charge in [0.15, 0.2) is 5.96 Å². The Morgan fingerprint density at radius 1 is 1.42 bits per heavy atom. The Kier molecular flexibility index (Phi) is 10.3. The molecule has 0 rings (SSSR count). The summed E-state index contributed by atoms with van der Waals surface area (Å²) in [5.74, 6) is 0.0370. The lowest BCUT2D eigenvalue weighted by atomic mass is 10.9. The fraction of sp³-hybridized carbons (Fsp3) is 0.500. The maximum atomic E-state index is 8.56. The van der Waals surface area contributed by atoms with Crippen molar-refractivity contribution < 1.29 is 25.2 Å². The first-order valence-electron chi connectivity index (χ1n) is 2.72. The van der Waals surface area contributed by atoms with E-state index in [1.54, 1.807) is 0 Å². The summed E-state index contributed by atoms with van der Waals surface area (Å²) in [7, 11) is 0. The molecule has 0 radical (unpaired) electrons. The van der Waals surface area contributed by atoms with Gasteiger partial charge in [-0.1, -0.05) is 0 Å². The molecule has 0 unspecified atom stereocenters. The van der Waals surface area contributed by atoms with Crippen molar-refractivity contribution in [3.8, 4) is 0 Å². The van der Waals surface area contributed by atoms with E-state index < -0.39 is 6.16 Å². The summed E-state index contributed by atoms with van der Waals surface area (Å²) in [6.07, 6.45) is -1.83. The third-order valence-electron chi connectivity index (χ3n) is 0.501. The summed E-state index contributed by atoms with van der Waals surface area (Å²) < 4.78 is 0. The van der Waals surface area contributed by atoms with Crippen LogP contribution in [0.15, 0.2) is 4.99 Å². The average Bonchev–Trinajstić information content (AvgIpc) is 1.87. The molecule has 8 nitrogen and oxygen atoms in total. The van der Waals surface area contributed by atoms with Gasteiger partial charge in [-0.25, -0.2) is 9.79 Å². The number of carbonyl (C=O) groups is 1.